The molecule has 0 saturated heterocycles. The summed E-state index contributed by atoms with van der Waals surface area (Å²) in [6.45, 7) is 7.87. The number of halogens is 3. The van der Waals surface area contributed by atoms with Crippen molar-refractivity contribution in [3.8, 4) is 16.9 Å². The summed E-state index contributed by atoms with van der Waals surface area (Å²) >= 11 is 1.29. The standard InChI is InChI=1S/C28H30F3NO4S/c1-16(2)12-22(23-8-9-24(37-23)27(35)32-11-10-25(33)34)36-21-13-17(3)26(18(4)14-21)19-6-5-7-20(15-19)28(29,30)31/h5-9,13-16,22H,10-12H2,1-4H3,(H,32,35)(H,33,34)/t22-/m1/s1. The number of hydrogen-bond donors (Lipinski definition) is 2. The molecule has 0 bridgehead atoms. The summed E-state index contributed by atoms with van der Waals surface area (Å²) in [7, 11) is 0. The minimum atomic E-state index is -4.42. The monoisotopic (exact) mass is 533 g/mol. The van der Waals surface area contributed by atoms with Gasteiger partial charge >= 0.3 is 12.1 Å². The van der Waals surface area contributed by atoms with E-state index in [1.165, 1.54) is 17.4 Å². The molecule has 198 valence electrons. The van der Waals surface area contributed by atoms with Crippen molar-refractivity contribution in [2.24, 2.45) is 5.92 Å². The molecule has 2 N–H and O–H groups in total. The van der Waals surface area contributed by atoms with Crippen molar-refractivity contribution in [3.05, 3.63) is 75.0 Å². The molecule has 0 saturated carbocycles. The Hall–Kier alpha value is -3.33. The lowest BCUT2D eigenvalue weighted by Gasteiger charge is -2.22. The molecule has 0 fully saturated rings. The first-order chi connectivity index (χ1) is 17.3. The lowest BCUT2D eigenvalue weighted by Crippen LogP contribution is -2.25. The van der Waals surface area contributed by atoms with Crippen molar-refractivity contribution in [2.45, 2.75) is 52.8 Å². The van der Waals surface area contributed by atoms with Gasteiger partial charge in [0.1, 0.15) is 11.9 Å². The van der Waals surface area contributed by atoms with Gasteiger partial charge in [-0.2, -0.15) is 13.2 Å². The van der Waals surface area contributed by atoms with Crippen LogP contribution in [0, 0.1) is 19.8 Å². The van der Waals surface area contributed by atoms with Gasteiger partial charge < -0.3 is 15.2 Å². The van der Waals surface area contributed by atoms with Gasteiger partial charge in [-0.3, -0.25) is 9.59 Å². The summed E-state index contributed by atoms with van der Waals surface area (Å²) in [6.07, 6.45) is -4.21. The summed E-state index contributed by atoms with van der Waals surface area (Å²) in [6, 6.07) is 12.5. The highest BCUT2D eigenvalue weighted by Gasteiger charge is 2.30. The first-order valence-corrected chi connectivity index (χ1v) is 12.7. The Morgan fingerprint density at radius 1 is 1.05 bits per heavy atom. The highest BCUT2D eigenvalue weighted by molar-refractivity contribution is 7.14. The van der Waals surface area contributed by atoms with Crippen LogP contribution in [-0.4, -0.2) is 23.5 Å². The van der Waals surface area contributed by atoms with E-state index in [1.807, 2.05) is 32.0 Å². The van der Waals surface area contributed by atoms with E-state index in [2.05, 4.69) is 19.2 Å². The molecule has 1 amide bonds. The van der Waals surface area contributed by atoms with E-state index in [0.29, 0.717) is 28.5 Å². The van der Waals surface area contributed by atoms with Crippen molar-refractivity contribution >= 4 is 23.2 Å². The number of ether oxygens (including phenoxy) is 1. The number of aliphatic carboxylic acids is 1. The van der Waals surface area contributed by atoms with Crippen LogP contribution in [0.2, 0.25) is 0 Å². The van der Waals surface area contributed by atoms with Gasteiger partial charge in [-0.25, -0.2) is 0 Å². The maximum absolute atomic E-state index is 13.2. The summed E-state index contributed by atoms with van der Waals surface area (Å²) in [4.78, 5) is 24.4. The minimum Gasteiger partial charge on any atom is -0.485 e. The number of benzene rings is 2. The normalized spacial score (nSPS) is 12.4. The molecule has 3 rings (SSSR count). The number of aryl methyl sites for hydroxylation is 2. The van der Waals surface area contributed by atoms with Gasteiger partial charge in [0.25, 0.3) is 5.91 Å². The van der Waals surface area contributed by atoms with Crippen LogP contribution < -0.4 is 10.1 Å². The van der Waals surface area contributed by atoms with Crippen LogP contribution in [0.1, 0.15) is 64.0 Å². The molecule has 3 aromatic rings. The molecule has 37 heavy (non-hydrogen) atoms. The molecule has 0 aliphatic heterocycles. The van der Waals surface area contributed by atoms with Crippen LogP contribution in [0.15, 0.2) is 48.5 Å². The van der Waals surface area contributed by atoms with E-state index in [4.69, 9.17) is 9.84 Å². The van der Waals surface area contributed by atoms with Crippen LogP contribution in [0.3, 0.4) is 0 Å². The fourth-order valence-corrected chi connectivity index (χ4v) is 5.10. The number of carbonyl (C=O) groups excluding carboxylic acids is 1. The zero-order chi connectivity index (χ0) is 27.3. The lowest BCUT2D eigenvalue weighted by atomic mass is 9.94. The first-order valence-electron chi connectivity index (χ1n) is 11.9. The Balaban J connectivity index is 1.84. The van der Waals surface area contributed by atoms with Gasteiger partial charge in [-0.1, -0.05) is 26.0 Å². The predicted octanol–water partition coefficient (Wildman–Crippen LogP) is 7.42. The molecule has 1 atom stereocenters. The van der Waals surface area contributed by atoms with Gasteiger partial charge in [0.15, 0.2) is 0 Å². The quantitative estimate of drug-likeness (QED) is 0.284. The second kappa shape index (κ2) is 11.8. The molecule has 0 aliphatic rings. The van der Waals surface area contributed by atoms with Crippen LogP contribution in [0.4, 0.5) is 13.2 Å². The molecule has 5 nitrogen and oxygen atoms in total. The van der Waals surface area contributed by atoms with Crippen molar-refractivity contribution in [1.82, 2.24) is 5.32 Å². The third kappa shape index (κ3) is 7.58. The predicted molar refractivity (Wildman–Crippen MR) is 138 cm³/mol. The first kappa shape index (κ1) is 28.2. The Morgan fingerprint density at radius 2 is 1.73 bits per heavy atom. The van der Waals surface area contributed by atoms with Crippen LogP contribution in [0.25, 0.3) is 11.1 Å². The van der Waals surface area contributed by atoms with E-state index in [0.717, 1.165) is 33.7 Å². The fraction of sp³-hybridized carbons (Fsp3) is 0.357. The van der Waals surface area contributed by atoms with Gasteiger partial charge in [0.2, 0.25) is 0 Å². The average molecular weight is 534 g/mol. The maximum Gasteiger partial charge on any atom is 0.416 e. The molecule has 0 spiro atoms. The van der Waals surface area contributed by atoms with Gasteiger partial charge in [0, 0.05) is 11.4 Å². The molecule has 2 aromatic carbocycles. The number of thiophene rings is 1. The van der Waals surface area contributed by atoms with E-state index in [-0.39, 0.29) is 25.0 Å². The Kier molecular flexibility index (Phi) is 9.02. The smallest absolute Gasteiger partial charge is 0.416 e. The van der Waals surface area contributed by atoms with Gasteiger partial charge in [-0.15, -0.1) is 11.3 Å². The number of carbonyl (C=O) groups is 2. The lowest BCUT2D eigenvalue weighted by molar-refractivity contribution is -0.138. The number of amides is 1. The maximum atomic E-state index is 13.2. The third-order valence-electron chi connectivity index (χ3n) is 5.74. The third-order valence-corrected chi connectivity index (χ3v) is 6.92. The van der Waals surface area contributed by atoms with Crippen LogP contribution in [0.5, 0.6) is 5.75 Å². The number of rotatable bonds is 10. The Morgan fingerprint density at radius 3 is 2.32 bits per heavy atom. The van der Waals surface area contributed by atoms with E-state index < -0.39 is 17.7 Å². The van der Waals surface area contributed by atoms with Gasteiger partial charge in [-0.05, 0) is 84.8 Å². The number of hydrogen-bond acceptors (Lipinski definition) is 4. The zero-order valence-electron chi connectivity index (χ0n) is 21.1. The average Bonchev–Trinajstić information content (AvgIpc) is 3.28. The number of carboxylic acid groups (broad SMARTS) is 1. The summed E-state index contributed by atoms with van der Waals surface area (Å²) < 4.78 is 46.1. The van der Waals surface area contributed by atoms with E-state index >= 15 is 0 Å². The number of carboxylic acids is 1. The number of nitrogens with one attached hydrogen (secondary N) is 1. The second-order valence-electron chi connectivity index (χ2n) is 9.35. The zero-order valence-corrected chi connectivity index (χ0v) is 21.9. The molecular formula is C28H30F3NO4S. The van der Waals surface area contributed by atoms with Gasteiger partial charge in [0.05, 0.1) is 16.9 Å². The van der Waals surface area contributed by atoms with Crippen molar-refractivity contribution < 1.29 is 32.6 Å². The highest BCUT2D eigenvalue weighted by Crippen LogP contribution is 2.38. The Bertz CT molecular complexity index is 1240. The number of alkyl halides is 3. The molecule has 0 radical (unpaired) electrons. The Labute approximate surface area is 218 Å². The summed E-state index contributed by atoms with van der Waals surface area (Å²) in [5.74, 6) is -0.427. The molecule has 1 aromatic heterocycles. The van der Waals surface area contributed by atoms with Crippen LogP contribution >= 0.6 is 11.3 Å². The fourth-order valence-electron chi connectivity index (χ4n) is 4.13. The van der Waals surface area contributed by atoms with Crippen molar-refractivity contribution in [2.75, 3.05) is 6.54 Å². The SMILES string of the molecule is Cc1cc(O[C@H](CC(C)C)c2ccc(C(=O)NCCC(=O)O)s2)cc(C)c1-c1cccc(C(F)(F)F)c1. The summed E-state index contributed by atoms with van der Waals surface area (Å²) in [5.41, 5.74) is 2.12. The topological polar surface area (TPSA) is 75.6 Å². The molecule has 9 heteroatoms. The summed E-state index contributed by atoms with van der Waals surface area (Å²) in [5, 5.41) is 11.4. The van der Waals surface area contributed by atoms with Crippen molar-refractivity contribution in [1.29, 1.82) is 0 Å². The van der Waals surface area contributed by atoms with E-state index in [1.54, 1.807) is 12.1 Å². The molecular weight excluding hydrogens is 503 g/mol. The highest BCUT2D eigenvalue weighted by atomic mass is 32.1. The second-order valence-corrected chi connectivity index (χ2v) is 10.5. The van der Waals surface area contributed by atoms with Crippen LogP contribution in [-0.2, 0) is 11.0 Å². The minimum absolute atomic E-state index is 0.0457. The molecule has 1 heterocycles. The molecule has 0 aliphatic carbocycles. The van der Waals surface area contributed by atoms with Crippen molar-refractivity contribution in [3.63, 3.8) is 0 Å². The largest absolute Gasteiger partial charge is 0.485 e. The van der Waals surface area contributed by atoms with E-state index in [9.17, 15) is 22.8 Å². The molecule has 0 unspecified atom stereocenters.